The van der Waals surface area contributed by atoms with Crippen molar-refractivity contribution in [3.63, 3.8) is 0 Å². The first-order valence-electron chi connectivity index (χ1n) is 6.76. The van der Waals surface area contributed by atoms with Gasteiger partial charge in [-0.05, 0) is 25.0 Å². The molecule has 4 nitrogen and oxygen atoms in total. The Kier molecular flexibility index (Phi) is 6.84. The van der Waals surface area contributed by atoms with Gasteiger partial charge in [0.1, 0.15) is 5.82 Å². The Morgan fingerprint density at radius 2 is 2.06 bits per heavy atom. The maximum absolute atomic E-state index is 11.4. The number of carbonyl (C=O) groups is 1. The minimum atomic E-state index is 0.0219. The topological polar surface area (TPSA) is 54.0 Å². The smallest absolute Gasteiger partial charge is 0.225 e. The Morgan fingerprint density at radius 3 is 2.67 bits per heavy atom. The molecule has 2 N–H and O–H groups in total. The highest BCUT2D eigenvalue weighted by Crippen LogP contribution is 2.10. The highest BCUT2D eigenvalue weighted by molar-refractivity contribution is 5.89. The third-order valence-electron chi connectivity index (χ3n) is 2.62. The van der Waals surface area contributed by atoms with Crippen molar-refractivity contribution in [1.82, 2.24) is 4.98 Å². The molecule has 4 heteroatoms. The van der Waals surface area contributed by atoms with Gasteiger partial charge in [-0.15, -0.1) is 0 Å². The van der Waals surface area contributed by atoms with Crippen molar-refractivity contribution in [2.45, 2.75) is 46.0 Å². The number of hydrogen-bond donors (Lipinski definition) is 2. The highest BCUT2D eigenvalue weighted by Gasteiger charge is 2.01. The van der Waals surface area contributed by atoms with E-state index >= 15 is 0 Å². The third-order valence-corrected chi connectivity index (χ3v) is 2.62. The monoisotopic (exact) mass is 249 g/mol. The molecule has 0 spiro atoms. The van der Waals surface area contributed by atoms with Crippen LogP contribution in [0.3, 0.4) is 0 Å². The number of hydrogen-bond acceptors (Lipinski definition) is 3. The summed E-state index contributed by atoms with van der Waals surface area (Å²) >= 11 is 0. The normalized spacial score (nSPS) is 10.1. The predicted molar refractivity (Wildman–Crippen MR) is 75.8 cm³/mol. The van der Waals surface area contributed by atoms with E-state index in [0.717, 1.165) is 18.7 Å². The van der Waals surface area contributed by atoms with Gasteiger partial charge in [-0.3, -0.25) is 4.79 Å². The van der Waals surface area contributed by atoms with Crippen LogP contribution in [0.5, 0.6) is 0 Å². The molecule has 100 valence electrons. The van der Waals surface area contributed by atoms with E-state index in [1.54, 1.807) is 6.20 Å². The van der Waals surface area contributed by atoms with Gasteiger partial charge in [0.2, 0.25) is 5.91 Å². The maximum Gasteiger partial charge on any atom is 0.225 e. The number of rotatable bonds is 8. The molecule has 0 fully saturated rings. The zero-order valence-corrected chi connectivity index (χ0v) is 11.3. The molecule has 1 aromatic heterocycles. The Morgan fingerprint density at radius 1 is 1.22 bits per heavy atom. The first-order valence-corrected chi connectivity index (χ1v) is 6.76. The molecule has 0 saturated carbocycles. The number of amides is 1. The van der Waals surface area contributed by atoms with Gasteiger partial charge in [0.25, 0.3) is 0 Å². The van der Waals surface area contributed by atoms with Crippen LogP contribution in [0.1, 0.15) is 46.0 Å². The summed E-state index contributed by atoms with van der Waals surface area (Å²) in [5, 5.41) is 6.08. The fraction of sp³-hybridized carbons (Fsp3) is 0.571. The van der Waals surface area contributed by atoms with Crippen LogP contribution in [-0.2, 0) is 4.79 Å². The first-order chi connectivity index (χ1) is 8.76. The van der Waals surface area contributed by atoms with E-state index in [-0.39, 0.29) is 5.91 Å². The summed E-state index contributed by atoms with van der Waals surface area (Å²) < 4.78 is 0. The van der Waals surface area contributed by atoms with Crippen molar-refractivity contribution in [1.29, 1.82) is 0 Å². The molecule has 1 amide bonds. The van der Waals surface area contributed by atoms with E-state index in [0.29, 0.717) is 12.2 Å². The van der Waals surface area contributed by atoms with E-state index < -0.39 is 0 Å². The summed E-state index contributed by atoms with van der Waals surface area (Å²) in [5.41, 5.74) is 1.000. The maximum atomic E-state index is 11.4. The Labute approximate surface area is 109 Å². The summed E-state index contributed by atoms with van der Waals surface area (Å²) in [7, 11) is 0. The average molecular weight is 249 g/mol. The molecule has 1 aromatic rings. The van der Waals surface area contributed by atoms with Gasteiger partial charge < -0.3 is 10.6 Å². The van der Waals surface area contributed by atoms with Crippen LogP contribution in [-0.4, -0.2) is 17.4 Å². The van der Waals surface area contributed by atoms with Crippen LogP contribution in [0.15, 0.2) is 18.3 Å². The number of unbranched alkanes of at least 4 members (excludes halogenated alkanes) is 2. The van der Waals surface area contributed by atoms with Crippen LogP contribution in [0.4, 0.5) is 11.5 Å². The van der Waals surface area contributed by atoms with Crippen molar-refractivity contribution in [3.8, 4) is 0 Å². The SMILES string of the molecule is CCCCCNc1ccc(NC(=O)CCC)nc1. The summed E-state index contributed by atoms with van der Waals surface area (Å²) in [6, 6.07) is 3.77. The molecule has 0 radical (unpaired) electrons. The number of anilines is 2. The van der Waals surface area contributed by atoms with Crippen LogP contribution >= 0.6 is 0 Å². The van der Waals surface area contributed by atoms with E-state index in [1.165, 1.54) is 19.3 Å². The Hall–Kier alpha value is -1.58. The van der Waals surface area contributed by atoms with Gasteiger partial charge in [-0.1, -0.05) is 26.7 Å². The average Bonchev–Trinajstić information content (AvgIpc) is 2.37. The zero-order valence-electron chi connectivity index (χ0n) is 11.3. The van der Waals surface area contributed by atoms with Gasteiger partial charge in [0.05, 0.1) is 11.9 Å². The molecule has 0 unspecified atom stereocenters. The van der Waals surface area contributed by atoms with Gasteiger partial charge in [0.15, 0.2) is 0 Å². The van der Waals surface area contributed by atoms with E-state index in [2.05, 4.69) is 22.5 Å². The molecule has 0 aliphatic rings. The lowest BCUT2D eigenvalue weighted by Crippen LogP contribution is -2.11. The highest BCUT2D eigenvalue weighted by atomic mass is 16.1. The molecule has 0 bridgehead atoms. The fourth-order valence-corrected chi connectivity index (χ4v) is 1.61. The standard InChI is InChI=1S/C14H23N3O/c1-3-5-6-10-15-12-8-9-13(16-11-12)17-14(18)7-4-2/h8-9,11,15H,3-7,10H2,1-2H3,(H,16,17,18). The largest absolute Gasteiger partial charge is 0.384 e. The van der Waals surface area contributed by atoms with Crippen LogP contribution in [0, 0.1) is 0 Å². The predicted octanol–water partition coefficient (Wildman–Crippen LogP) is 3.42. The second kappa shape index (κ2) is 8.50. The minimum absolute atomic E-state index is 0.0219. The summed E-state index contributed by atoms with van der Waals surface area (Å²) in [6.07, 6.45) is 6.79. The first kappa shape index (κ1) is 14.5. The molecule has 0 saturated heterocycles. The molecular formula is C14H23N3O. The van der Waals surface area contributed by atoms with Crippen molar-refractivity contribution >= 4 is 17.4 Å². The van der Waals surface area contributed by atoms with Gasteiger partial charge in [0, 0.05) is 13.0 Å². The second-order valence-electron chi connectivity index (χ2n) is 4.36. The quantitative estimate of drug-likeness (QED) is 0.694. The fourth-order valence-electron chi connectivity index (χ4n) is 1.61. The molecule has 1 heterocycles. The third kappa shape index (κ3) is 5.66. The molecular weight excluding hydrogens is 226 g/mol. The van der Waals surface area contributed by atoms with Crippen LogP contribution < -0.4 is 10.6 Å². The second-order valence-corrected chi connectivity index (χ2v) is 4.36. The van der Waals surface area contributed by atoms with E-state index in [1.807, 2.05) is 19.1 Å². The molecule has 0 aromatic carbocycles. The van der Waals surface area contributed by atoms with Crippen molar-refractivity contribution in [2.24, 2.45) is 0 Å². The number of carbonyl (C=O) groups excluding carboxylic acids is 1. The van der Waals surface area contributed by atoms with Crippen molar-refractivity contribution < 1.29 is 4.79 Å². The van der Waals surface area contributed by atoms with Crippen molar-refractivity contribution in [3.05, 3.63) is 18.3 Å². The van der Waals surface area contributed by atoms with Crippen LogP contribution in [0.2, 0.25) is 0 Å². The number of nitrogens with zero attached hydrogens (tertiary/aromatic N) is 1. The molecule has 0 aliphatic heterocycles. The van der Waals surface area contributed by atoms with Gasteiger partial charge in [-0.25, -0.2) is 4.98 Å². The molecule has 1 rings (SSSR count). The van der Waals surface area contributed by atoms with E-state index in [4.69, 9.17) is 0 Å². The van der Waals surface area contributed by atoms with Gasteiger partial charge in [-0.2, -0.15) is 0 Å². The number of pyridine rings is 1. The molecule has 18 heavy (non-hydrogen) atoms. The minimum Gasteiger partial charge on any atom is -0.384 e. The van der Waals surface area contributed by atoms with Crippen molar-refractivity contribution in [2.75, 3.05) is 17.2 Å². The number of aromatic nitrogens is 1. The van der Waals surface area contributed by atoms with Gasteiger partial charge >= 0.3 is 0 Å². The summed E-state index contributed by atoms with van der Waals surface area (Å²) in [5.74, 6) is 0.640. The molecule has 0 aliphatic carbocycles. The lowest BCUT2D eigenvalue weighted by Gasteiger charge is -2.07. The summed E-state index contributed by atoms with van der Waals surface area (Å²) in [4.78, 5) is 15.6. The lowest BCUT2D eigenvalue weighted by atomic mass is 10.2. The zero-order chi connectivity index (χ0) is 13.2. The number of nitrogens with one attached hydrogen (secondary N) is 2. The Bertz CT molecular complexity index is 349. The lowest BCUT2D eigenvalue weighted by molar-refractivity contribution is -0.116. The van der Waals surface area contributed by atoms with Crippen LogP contribution in [0.25, 0.3) is 0 Å². The molecule has 0 atom stereocenters. The summed E-state index contributed by atoms with van der Waals surface area (Å²) in [6.45, 7) is 5.14. The Balaban J connectivity index is 2.35. The van der Waals surface area contributed by atoms with E-state index in [9.17, 15) is 4.79 Å².